The van der Waals surface area contributed by atoms with Crippen LogP contribution in [0.25, 0.3) is 5.82 Å². The Bertz CT molecular complexity index is 1090. The van der Waals surface area contributed by atoms with Crippen molar-refractivity contribution >= 4 is 17.3 Å². The van der Waals surface area contributed by atoms with E-state index in [0.717, 1.165) is 42.3 Å². The molecule has 3 N–H and O–H groups in total. The van der Waals surface area contributed by atoms with Crippen molar-refractivity contribution in [2.24, 2.45) is 5.92 Å². The molecule has 0 bridgehead atoms. The summed E-state index contributed by atoms with van der Waals surface area (Å²) in [5.41, 5.74) is 1.79. The summed E-state index contributed by atoms with van der Waals surface area (Å²) in [6.45, 7) is 0.360. The Morgan fingerprint density at radius 3 is 2.38 bits per heavy atom. The number of aliphatic carboxylic acids is 1. The number of halogens is 3. The zero-order valence-corrected chi connectivity index (χ0v) is 18.4. The number of benzene rings is 1. The zero-order valence-electron chi connectivity index (χ0n) is 18.4. The number of pyridine rings is 1. The minimum Gasteiger partial charge on any atom is -0.481 e. The number of nitrogens with zero attached hydrogens (tertiary/aromatic N) is 3. The van der Waals surface area contributed by atoms with Crippen LogP contribution in [0.3, 0.4) is 0 Å². The van der Waals surface area contributed by atoms with Crippen LogP contribution in [0.1, 0.15) is 49.4 Å². The number of carboxylic acids is 1. The fourth-order valence-electron chi connectivity index (χ4n) is 4.28. The third kappa shape index (κ3) is 5.86. The van der Waals surface area contributed by atoms with Gasteiger partial charge in [-0.05, 0) is 48.6 Å². The van der Waals surface area contributed by atoms with Gasteiger partial charge in [0.15, 0.2) is 5.69 Å². The molecule has 0 aliphatic heterocycles. The van der Waals surface area contributed by atoms with Gasteiger partial charge >= 0.3 is 12.1 Å². The molecular weight excluding hydrogens is 447 g/mol. The van der Waals surface area contributed by atoms with E-state index in [2.05, 4.69) is 20.6 Å². The van der Waals surface area contributed by atoms with E-state index in [1.54, 1.807) is 18.3 Å². The molecule has 1 saturated carbocycles. The molecule has 0 spiro atoms. The van der Waals surface area contributed by atoms with E-state index in [9.17, 15) is 18.0 Å². The molecule has 2 heterocycles. The maximum atomic E-state index is 12.8. The second kappa shape index (κ2) is 10.1. The average molecular weight is 473 g/mol. The summed E-state index contributed by atoms with van der Waals surface area (Å²) in [5, 5.41) is 15.4. The van der Waals surface area contributed by atoms with Crippen LogP contribution in [0.15, 0.2) is 55.1 Å². The Balaban J connectivity index is 1.47. The number of alkyl halides is 3. The molecule has 180 valence electrons. The van der Waals surface area contributed by atoms with Crippen molar-refractivity contribution in [2.45, 2.75) is 44.3 Å². The van der Waals surface area contributed by atoms with Gasteiger partial charge in [0.2, 0.25) is 0 Å². The predicted octanol–water partition coefficient (Wildman–Crippen LogP) is 5.52. The normalized spacial score (nSPS) is 15.3. The Kier molecular flexibility index (Phi) is 7.04. The number of rotatable bonds is 9. The van der Waals surface area contributed by atoms with Crippen LogP contribution in [-0.2, 0) is 11.0 Å². The van der Waals surface area contributed by atoms with Crippen molar-refractivity contribution in [2.75, 3.05) is 17.2 Å². The Labute approximate surface area is 195 Å². The first-order chi connectivity index (χ1) is 16.3. The van der Waals surface area contributed by atoms with Crippen LogP contribution in [0.4, 0.5) is 24.5 Å². The first-order valence-electron chi connectivity index (χ1n) is 11.2. The second-order valence-corrected chi connectivity index (χ2v) is 8.43. The fraction of sp³-hybridized carbons (Fsp3) is 0.375. The van der Waals surface area contributed by atoms with Gasteiger partial charge in [0.25, 0.3) is 0 Å². The third-order valence-corrected chi connectivity index (χ3v) is 6.02. The predicted molar refractivity (Wildman–Crippen MR) is 122 cm³/mol. The van der Waals surface area contributed by atoms with E-state index < -0.39 is 17.8 Å². The minimum atomic E-state index is -4.50. The zero-order chi connectivity index (χ0) is 24.1. The quantitative estimate of drug-likeness (QED) is 0.379. The number of imidazole rings is 1. The topological polar surface area (TPSA) is 92.1 Å². The molecule has 10 heteroatoms. The summed E-state index contributed by atoms with van der Waals surface area (Å²) < 4.78 is 39.7. The summed E-state index contributed by atoms with van der Waals surface area (Å²) in [6, 6.07) is 11.5. The van der Waals surface area contributed by atoms with Crippen LogP contribution in [0.5, 0.6) is 0 Å². The number of hydrogen-bond donors (Lipinski definition) is 3. The number of nitrogens with one attached hydrogen (secondary N) is 2. The highest BCUT2D eigenvalue weighted by Gasteiger charge is 2.33. The van der Waals surface area contributed by atoms with E-state index in [0.29, 0.717) is 18.3 Å². The lowest BCUT2D eigenvalue weighted by Gasteiger charge is -2.26. The third-order valence-electron chi connectivity index (χ3n) is 6.02. The Hall–Kier alpha value is -3.56. The summed E-state index contributed by atoms with van der Waals surface area (Å²) in [5.74, 6) is -0.0423. The van der Waals surface area contributed by atoms with Crippen LogP contribution < -0.4 is 10.6 Å². The lowest BCUT2D eigenvalue weighted by atomic mass is 9.91. The van der Waals surface area contributed by atoms with Gasteiger partial charge in [-0.2, -0.15) is 13.2 Å². The first kappa shape index (κ1) is 23.6. The SMILES string of the molecule is O=C(O)CCNc1ccc(C(Nc2ccc(-n3cnc(C(F)(F)F)c3)nc2)C2CCCC2)cc1. The molecule has 1 aromatic carbocycles. The molecule has 7 nitrogen and oxygen atoms in total. The molecule has 34 heavy (non-hydrogen) atoms. The number of carbonyl (C=O) groups is 1. The highest BCUT2D eigenvalue weighted by Crippen LogP contribution is 2.38. The maximum absolute atomic E-state index is 12.8. The molecular formula is C24H26F3N5O2. The molecule has 0 saturated heterocycles. The molecule has 2 aromatic heterocycles. The van der Waals surface area contributed by atoms with Gasteiger partial charge in [-0.3, -0.25) is 9.36 Å². The molecule has 4 rings (SSSR count). The molecule has 1 aliphatic carbocycles. The van der Waals surface area contributed by atoms with Gasteiger partial charge in [0.1, 0.15) is 12.1 Å². The van der Waals surface area contributed by atoms with Crippen LogP contribution >= 0.6 is 0 Å². The van der Waals surface area contributed by atoms with Crippen molar-refractivity contribution in [3.63, 3.8) is 0 Å². The van der Waals surface area contributed by atoms with Gasteiger partial charge in [-0.25, -0.2) is 9.97 Å². The van der Waals surface area contributed by atoms with E-state index in [1.807, 2.05) is 24.3 Å². The number of hydrogen-bond acceptors (Lipinski definition) is 5. The van der Waals surface area contributed by atoms with E-state index in [4.69, 9.17) is 5.11 Å². The molecule has 0 radical (unpaired) electrons. The van der Waals surface area contributed by atoms with Gasteiger partial charge in [-0.15, -0.1) is 0 Å². The molecule has 3 aromatic rings. The van der Waals surface area contributed by atoms with Gasteiger partial charge in [0, 0.05) is 18.4 Å². The molecule has 1 fully saturated rings. The maximum Gasteiger partial charge on any atom is 0.434 e. The number of aromatic nitrogens is 3. The van der Waals surface area contributed by atoms with E-state index >= 15 is 0 Å². The summed E-state index contributed by atoms with van der Waals surface area (Å²) in [7, 11) is 0. The van der Waals surface area contributed by atoms with Gasteiger partial charge < -0.3 is 15.7 Å². The van der Waals surface area contributed by atoms with E-state index in [-0.39, 0.29) is 12.5 Å². The van der Waals surface area contributed by atoms with Crippen LogP contribution in [-0.4, -0.2) is 32.2 Å². The highest BCUT2D eigenvalue weighted by atomic mass is 19.4. The fourth-order valence-corrected chi connectivity index (χ4v) is 4.28. The van der Waals surface area contributed by atoms with Gasteiger partial charge in [0.05, 0.1) is 24.3 Å². The monoisotopic (exact) mass is 473 g/mol. The van der Waals surface area contributed by atoms with Crippen molar-refractivity contribution in [3.8, 4) is 5.82 Å². The molecule has 1 atom stereocenters. The lowest BCUT2D eigenvalue weighted by molar-refractivity contribution is -0.141. The van der Waals surface area contributed by atoms with Crippen molar-refractivity contribution < 1.29 is 23.1 Å². The second-order valence-electron chi connectivity index (χ2n) is 8.43. The highest BCUT2D eigenvalue weighted by molar-refractivity contribution is 5.67. The average Bonchev–Trinajstić information content (AvgIpc) is 3.51. The Morgan fingerprint density at radius 2 is 1.79 bits per heavy atom. The van der Waals surface area contributed by atoms with Crippen molar-refractivity contribution in [3.05, 3.63) is 66.4 Å². The summed E-state index contributed by atoms with van der Waals surface area (Å²) in [6.07, 6.45) is 3.76. The lowest BCUT2D eigenvalue weighted by Crippen LogP contribution is -2.19. The first-order valence-corrected chi connectivity index (χ1v) is 11.2. The number of anilines is 2. The number of carboxylic acid groups (broad SMARTS) is 1. The molecule has 0 amide bonds. The minimum absolute atomic E-state index is 0.0492. The molecule has 1 aliphatic rings. The van der Waals surface area contributed by atoms with E-state index in [1.165, 1.54) is 17.4 Å². The molecule has 1 unspecified atom stereocenters. The van der Waals surface area contributed by atoms with Crippen molar-refractivity contribution in [1.82, 2.24) is 14.5 Å². The van der Waals surface area contributed by atoms with Gasteiger partial charge in [-0.1, -0.05) is 25.0 Å². The summed E-state index contributed by atoms with van der Waals surface area (Å²) in [4.78, 5) is 18.4. The smallest absolute Gasteiger partial charge is 0.434 e. The summed E-state index contributed by atoms with van der Waals surface area (Å²) >= 11 is 0. The Morgan fingerprint density at radius 1 is 1.09 bits per heavy atom. The van der Waals surface area contributed by atoms with Crippen molar-refractivity contribution in [1.29, 1.82) is 0 Å². The van der Waals surface area contributed by atoms with Crippen LogP contribution in [0, 0.1) is 5.92 Å². The standard InChI is InChI=1S/C24H26F3N5O2/c25-24(26,27)20-14-32(15-30-20)21-10-9-19(13-29-21)31-23(16-3-1-2-4-16)17-5-7-18(8-6-17)28-12-11-22(33)34/h5-10,13-16,23,28,31H,1-4,11-12H2,(H,33,34). The van der Waals surface area contributed by atoms with Crippen LogP contribution in [0.2, 0.25) is 0 Å². The largest absolute Gasteiger partial charge is 0.481 e.